The second-order valence-electron chi connectivity index (χ2n) is 5.22. The number of thiocarbonyl (C=S) groups is 1. The van der Waals surface area contributed by atoms with Crippen molar-refractivity contribution in [1.82, 2.24) is 15.5 Å². The number of nitrogens with one attached hydrogen (secondary N) is 2. The first-order chi connectivity index (χ1) is 9.67. The van der Waals surface area contributed by atoms with E-state index in [4.69, 9.17) is 12.2 Å². The summed E-state index contributed by atoms with van der Waals surface area (Å²) in [5.74, 6) is 0.327. The molecular formula is C15H23N3OS. The van der Waals surface area contributed by atoms with Crippen molar-refractivity contribution in [3.8, 4) is 5.75 Å². The molecule has 0 aromatic heterocycles. The summed E-state index contributed by atoms with van der Waals surface area (Å²) in [5.41, 5.74) is 1.25. The minimum Gasteiger partial charge on any atom is -0.508 e. The smallest absolute Gasteiger partial charge is 0.166 e. The zero-order chi connectivity index (χ0) is 14.4. The van der Waals surface area contributed by atoms with Crippen LogP contribution in [0.3, 0.4) is 0 Å². The Morgan fingerprint density at radius 2 is 1.95 bits per heavy atom. The molecule has 0 aliphatic carbocycles. The van der Waals surface area contributed by atoms with E-state index >= 15 is 0 Å². The van der Waals surface area contributed by atoms with Gasteiger partial charge in [-0.05, 0) is 49.7 Å². The van der Waals surface area contributed by atoms with E-state index in [9.17, 15) is 5.11 Å². The van der Waals surface area contributed by atoms with Gasteiger partial charge in [-0.2, -0.15) is 0 Å². The van der Waals surface area contributed by atoms with Gasteiger partial charge in [0.1, 0.15) is 5.75 Å². The van der Waals surface area contributed by atoms with E-state index in [-0.39, 0.29) is 0 Å². The summed E-state index contributed by atoms with van der Waals surface area (Å²) < 4.78 is 0. The van der Waals surface area contributed by atoms with Crippen molar-refractivity contribution in [2.24, 2.45) is 0 Å². The third-order valence-electron chi connectivity index (χ3n) is 3.60. The van der Waals surface area contributed by atoms with Gasteiger partial charge in [0.05, 0.1) is 0 Å². The van der Waals surface area contributed by atoms with E-state index in [1.807, 2.05) is 19.1 Å². The van der Waals surface area contributed by atoms with Crippen molar-refractivity contribution in [2.75, 3.05) is 19.6 Å². The minimum atomic E-state index is 0.327. The topological polar surface area (TPSA) is 47.5 Å². The van der Waals surface area contributed by atoms with Gasteiger partial charge in [0, 0.05) is 32.2 Å². The highest BCUT2D eigenvalue weighted by atomic mass is 32.1. The highest BCUT2D eigenvalue weighted by molar-refractivity contribution is 7.80. The molecule has 3 N–H and O–H groups in total. The molecule has 1 aromatic carbocycles. The van der Waals surface area contributed by atoms with Crippen LogP contribution < -0.4 is 10.6 Å². The molecule has 1 saturated heterocycles. The SMILES string of the molecule is CCNC(=S)NC1CCN(Cc2ccc(O)cc2)CC1. The van der Waals surface area contributed by atoms with Gasteiger partial charge in [0.15, 0.2) is 5.11 Å². The summed E-state index contributed by atoms with van der Waals surface area (Å²) in [5, 5.41) is 16.6. The van der Waals surface area contributed by atoms with Crippen LogP contribution in [0.25, 0.3) is 0 Å². The predicted molar refractivity (Wildman–Crippen MR) is 85.8 cm³/mol. The van der Waals surface area contributed by atoms with Crippen LogP contribution in [0.5, 0.6) is 5.75 Å². The Morgan fingerprint density at radius 1 is 1.30 bits per heavy atom. The average Bonchev–Trinajstić information content (AvgIpc) is 2.44. The Bertz CT molecular complexity index is 427. The molecule has 1 heterocycles. The van der Waals surface area contributed by atoms with Gasteiger partial charge in [-0.1, -0.05) is 12.1 Å². The van der Waals surface area contributed by atoms with Gasteiger partial charge >= 0.3 is 0 Å². The average molecular weight is 293 g/mol. The van der Waals surface area contributed by atoms with Crippen molar-refractivity contribution in [2.45, 2.75) is 32.4 Å². The fourth-order valence-electron chi connectivity index (χ4n) is 2.49. The number of hydrogen-bond donors (Lipinski definition) is 3. The summed E-state index contributed by atoms with van der Waals surface area (Å²) in [4.78, 5) is 2.45. The van der Waals surface area contributed by atoms with Crippen molar-refractivity contribution in [3.05, 3.63) is 29.8 Å². The molecule has 0 bridgehead atoms. The second-order valence-corrected chi connectivity index (χ2v) is 5.63. The number of phenolic OH excluding ortho intramolecular Hbond substituents is 1. The molecule has 110 valence electrons. The number of piperidine rings is 1. The molecule has 0 saturated carbocycles. The summed E-state index contributed by atoms with van der Waals surface area (Å²) in [6.45, 7) is 6.02. The standard InChI is InChI=1S/C15H23N3OS/c1-2-16-15(20)17-13-7-9-18(10-8-13)11-12-3-5-14(19)6-4-12/h3-6,13,19H,2,7-11H2,1H3,(H2,16,17,20). The summed E-state index contributed by atoms with van der Waals surface area (Å²) in [7, 11) is 0. The number of benzene rings is 1. The Balaban J connectivity index is 1.74. The van der Waals surface area contributed by atoms with Crippen molar-refractivity contribution < 1.29 is 5.11 Å². The van der Waals surface area contributed by atoms with Crippen LogP contribution in [-0.4, -0.2) is 40.8 Å². The molecule has 20 heavy (non-hydrogen) atoms. The van der Waals surface area contributed by atoms with Gasteiger partial charge < -0.3 is 15.7 Å². The third kappa shape index (κ3) is 4.65. The maximum absolute atomic E-state index is 9.28. The van der Waals surface area contributed by atoms with Gasteiger partial charge in [-0.25, -0.2) is 0 Å². The highest BCUT2D eigenvalue weighted by Crippen LogP contribution is 2.16. The molecule has 2 rings (SSSR count). The monoisotopic (exact) mass is 293 g/mol. The number of likely N-dealkylation sites (tertiary alicyclic amines) is 1. The molecule has 1 aromatic rings. The predicted octanol–water partition coefficient (Wildman–Crippen LogP) is 1.84. The molecule has 0 atom stereocenters. The number of phenols is 1. The van der Waals surface area contributed by atoms with Gasteiger partial charge in [0.2, 0.25) is 0 Å². The van der Waals surface area contributed by atoms with E-state index < -0.39 is 0 Å². The largest absolute Gasteiger partial charge is 0.508 e. The first kappa shape index (κ1) is 15.1. The van der Waals surface area contributed by atoms with Gasteiger partial charge in [-0.3, -0.25) is 4.90 Å². The van der Waals surface area contributed by atoms with Crippen LogP contribution in [0.15, 0.2) is 24.3 Å². The molecule has 1 aliphatic heterocycles. The number of aromatic hydroxyl groups is 1. The maximum atomic E-state index is 9.28. The van der Waals surface area contributed by atoms with E-state index in [0.29, 0.717) is 11.8 Å². The van der Waals surface area contributed by atoms with E-state index in [0.717, 1.165) is 44.1 Å². The first-order valence-electron chi connectivity index (χ1n) is 7.22. The number of hydrogen-bond acceptors (Lipinski definition) is 3. The lowest BCUT2D eigenvalue weighted by Gasteiger charge is -2.33. The van der Waals surface area contributed by atoms with Crippen LogP contribution in [0.1, 0.15) is 25.3 Å². The van der Waals surface area contributed by atoms with Crippen LogP contribution in [0, 0.1) is 0 Å². The summed E-state index contributed by atoms with van der Waals surface area (Å²) in [6.07, 6.45) is 2.23. The zero-order valence-electron chi connectivity index (χ0n) is 11.9. The van der Waals surface area contributed by atoms with Crippen LogP contribution in [-0.2, 0) is 6.54 Å². The molecule has 1 fully saturated rings. The summed E-state index contributed by atoms with van der Waals surface area (Å²) >= 11 is 5.22. The highest BCUT2D eigenvalue weighted by Gasteiger charge is 2.19. The lowest BCUT2D eigenvalue weighted by atomic mass is 10.0. The van der Waals surface area contributed by atoms with Crippen LogP contribution in [0.2, 0.25) is 0 Å². The van der Waals surface area contributed by atoms with E-state index in [1.54, 1.807) is 12.1 Å². The second kappa shape index (κ2) is 7.45. The van der Waals surface area contributed by atoms with Crippen LogP contribution in [0.4, 0.5) is 0 Å². The van der Waals surface area contributed by atoms with Crippen molar-refractivity contribution in [1.29, 1.82) is 0 Å². The number of rotatable bonds is 4. The zero-order valence-corrected chi connectivity index (χ0v) is 12.7. The fraction of sp³-hybridized carbons (Fsp3) is 0.533. The summed E-state index contributed by atoms with van der Waals surface area (Å²) in [6, 6.07) is 7.95. The number of nitrogens with zero attached hydrogens (tertiary/aromatic N) is 1. The normalized spacial score (nSPS) is 16.9. The Hall–Kier alpha value is -1.33. The molecule has 0 radical (unpaired) electrons. The maximum Gasteiger partial charge on any atom is 0.166 e. The van der Waals surface area contributed by atoms with Gasteiger partial charge in [-0.15, -0.1) is 0 Å². The molecule has 0 amide bonds. The Kier molecular flexibility index (Phi) is 5.61. The third-order valence-corrected chi connectivity index (χ3v) is 3.86. The quantitative estimate of drug-likeness (QED) is 0.740. The van der Waals surface area contributed by atoms with Gasteiger partial charge in [0.25, 0.3) is 0 Å². The van der Waals surface area contributed by atoms with Crippen molar-refractivity contribution >= 4 is 17.3 Å². The molecule has 0 unspecified atom stereocenters. The van der Waals surface area contributed by atoms with Crippen molar-refractivity contribution in [3.63, 3.8) is 0 Å². The molecule has 0 spiro atoms. The Morgan fingerprint density at radius 3 is 2.55 bits per heavy atom. The minimum absolute atomic E-state index is 0.327. The molecular weight excluding hydrogens is 270 g/mol. The molecule has 4 nitrogen and oxygen atoms in total. The van der Waals surface area contributed by atoms with Crippen LogP contribution >= 0.6 is 12.2 Å². The fourth-order valence-corrected chi connectivity index (χ4v) is 2.80. The Labute approximate surface area is 126 Å². The van der Waals surface area contributed by atoms with E-state index in [1.165, 1.54) is 5.56 Å². The van der Waals surface area contributed by atoms with E-state index in [2.05, 4.69) is 15.5 Å². The first-order valence-corrected chi connectivity index (χ1v) is 7.63. The lowest BCUT2D eigenvalue weighted by Crippen LogP contribution is -2.47. The molecule has 1 aliphatic rings. The lowest BCUT2D eigenvalue weighted by molar-refractivity contribution is 0.199. The molecule has 5 heteroatoms.